The van der Waals surface area contributed by atoms with E-state index < -0.39 is 0 Å². The van der Waals surface area contributed by atoms with Crippen molar-refractivity contribution in [2.24, 2.45) is 23.6 Å². The van der Waals surface area contributed by atoms with Crippen molar-refractivity contribution in [1.82, 2.24) is 5.43 Å². The average molecular weight is 254 g/mol. The molecular formula is C16H34N2. The number of hydrogen-bond acceptors (Lipinski definition) is 2. The summed E-state index contributed by atoms with van der Waals surface area (Å²) >= 11 is 0. The molecule has 0 heterocycles. The van der Waals surface area contributed by atoms with E-state index in [1.807, 2.05) is 0 Å². The quantitative estimate of drug-likeness (QED) is 0.386. The first kappa shape index (κ1) is 16.0. The third-order valence-electron chi connectivity index (χ3n) is 4.91. The number of rotatable bonds is 8. The zero-order chi connectivity index (χ0) is 13.4. The molecule has 1 aliphatic rings. The number of hydrogen-bond donors (Lipinski definition) is 2. The van der Waals surface area contributed by atoms with Crippen LogP contribution in [0.2, 0.25) is 0 Å². The predicted molar refractivity (Wildman–Crippen MR) is 80.2 cm³/mol. The maximum absolute atomic E-state index is 5.76. The van der Waals surface area contributed by atoms with Gasteiger partial charge in [0, 0.05) is 6.04 Å². The number of nitrogens with one attached hydrogen (secondary N) is 1. The molecule has 0 bridgehead atoms. The van der Waals surface area contributed by atoms with Gasteiger partial charge in [0.05, 0.1) is 0 Å². The van der Waals surface area contributed by atoms with Crippen LogP contribution in [0, 0.1) is 17.8 Å². The van der Waals surface area contributed by atoms with Gasteiger partial charge in [-0.2, -0.15) is 0 Å². The highest BCUT2D eigenvalue weighted by Crippen LogP contribution is 2.35. The predicted octanol–water partition coefficient (Wildman–Crippen LogP) is 4.25. The van der Waals surface area contributed by atoms with Crippen LogP contribution in [0.3, 0.4) is 0 Å². The zero-order valence-electron chi connectivity index (χ0n) is 12.8. The maximum Gasteiger partial charge on any atom is 0.0238 e. The van der Waals surface area contributed by atoms with Crippen LogP contribution in [0.1, 0.15) is 78.6 Å². The highest BCUT2D eigenvalue weighted by atomic mass is 15.2. The molecule has 0 amide bonds. The van der Waals surface area contributed by atoms with Gasteiger partial charge in [-0.05, 0) is 49.9 Å². The van der Waals surface area contributed by atoms with Crippen molar-refractivity contribution in [3.63, 3.8) is 0 Å². The minimum absolute atomic E-state index is 0.565. The Balaban J connectivity index is 2.25. The van der Waals surface area contributed by atoms with Gasteiger partial charge in [-0.25, -0.2) is 0 Å². The summed E-state index contributed by atoms with van der Waals surface area (Å²) in [6.07, 6.45) is 12.3. The van der Waals surface area contributed by atoms with Crippen LogP contribution < -0.4 is 11.3 Å². The van der Waals surface area contributed by atoms with Crippen molar-refractivity contribution in [1.29, 1.82) is 0 Å². The zero-order valence-corrected chi connectivity index (χ0v) is 12.8. The molecular weight excluding hydrogens is 220 g/mol. The van der Waals surface area contributed by atoms with E-state index in [9.17, 15) is 0 Å². The SMILES string of the molecule is CCCCCCC(NN)C1CCC(C(C)C)CC1. The van der Waals surface area contributed by atoms with Gasteiger partial charge >= 0.3 is 0 Å². The number of hydrazine groups is 1. The highest BCUT2D eigenvalue weighted by molar-refractivity contribution is 4.81. The third kappa shape index (κ3) is 5.27. The van der Waals surface area contributed by atoms with Gasteiger partial charge in [-0.15, -0.1) is 0 Å². The average Bonchev–Trinajstić information content (AvgIpc) is 2.39. The molecule has 0 aromatic carbocycles. The lowest BCUT2D eigenvalue weighted by molar-refractivity contribution is 0.182. The molecule has 1 unspecified atom stereocenters. The molecule has 0 saturated heterocycles. The Bertz CT molecular complexity index is 195. The van der Waals surface area contributed by atoms with E-state index in [2.05, 4.69) is 26.2 Å². The summed E-state index contributed by atoms with van der Waals surface area (Å²) in [4.78, 5) is 0. The van der Waals surface area contributed by atoms with Crippen LogP contribution in [-0.4, -0.2) is 6.04 Å². The van der Waals surface area contributed by atoms with E-state index in [1.54, 1.807) is 0 Å². The first-order valence-corrected chi connectivity index (χ1v) is 8.15. The van der Waals surface area contributed by atoms with Crippen molar-refractivity contribution < 1.29 is 0 Å². The Labute approximate surface area is 114 Å². The maximum atomic E-state index is 5.76. The lowest BCUT2D eigenvalue weighted by atomic mass is 9.74. The molecule has 18 heavy (non-hydrogen) atoms. The highest BCUT2D eigenvalue weighted by Gasteiger charge is 2.27. The molecule has 0 aromatic heterocycles. The van der Waals surface area contributed by atoms with Gasteiger partial charge in [0.1, 0.15) is 0 Å². The first-order chi connectivity index (χ1) is 8.69. The molecule has 2 heteroatoms. The third-order valence-corrected chi connectivity index (χ3v) is 4.91. The van der Waals surface area contributed by atoms with Crippen LogP contribution in [-0.2, 0) is 0 Å². The smallest absolute Gasteiger partial charge is 0.0238 e. The summed E-state index contributed by atoms with van der Waals surface area (Å²) in [7, 11) is 0. The van der Waals surface area contributed by atoms with E-state index in [1.165, 1.54) is 57.8 Å². The molecule has 0 spiro atoms. The second-order valence-electron chi connectivity index (χ2n) is 6.54. The summed E-state index contributed by atoms with van der Waals surface area (Å²) in [6, 6.07) is 0.565. The summed E-state index contributed by atoms with van der Waals surface area (Å²) in [5.74, 6) is 8.41. The second kappa shape index (κ2) is 8.92. The fourth-order valence-electron chi connectivity index (χ4n) is 3.46. The monoisotopic (exact) mass is 254 g/mol. The molecule has 0 aromatic rings. The van der Waals surface area contributed by atoms with E-state index in [-0.39, 0.29) is 0 Å². The molecule has 3 N–H and O–H groups in total. The molecule has 1 rings (SSSR count). The van der Waals surface area contributed by atoms with E-state index in [4.69, 9.17) is 5.84 Å². The topological polar surface area (TPSA) is 38.0 Å². The summed E-state index contributed by atoms with van der Waals surface area (Å²) in [6.45, 7) is 7.01. The molecule has 1 fully saturated rings. The first-order valence-electron chi connectivity index (χ1n) is 8.15. The fourth-order valence-corrected chi connectivity index (χ4v) is 3.46. The molecule has 0 radical (unpaired) electrons. The van der Waals surface area contributed by atoms with Gasteiger partial charge in [0.15, 0.2) is 0 Å². The molecule has 1 atom stereocenters. The van der Waals surface area contributed by atoms with Crippen molar-refractivity contribution >= 4 is 0 Å². The Hall–Kier alpha value is -0.0800. The van der Waals surface area contributed by atoms with Gasteiger partial charge < -0.3 is 0 Å². The molecule has 108 valence electrons. The van der Waals surface area contributed by atoms with Crippen molar-refractivity contribution in [3.05, 3.63) is 0 Å². The summed E-state index contributed by atoms with van der Waals surface area (Å²) in [5, 5.41) is 0. The van der Waals surface area contributed by atoms with Crippen LogP contribution >= 0.6 is 0 Å². The van der Waals surface area contributed by atoms with Crippen LogP contribution in [0.15, 0.2) is 0 Å². The van der Waals surface area contributed by atoms with E-state index in [0.29, 0.717) is 6.04 Å². The minimum Gasteiger partial charge on any atom is -0.271 e. The molecule has 2 nitrogen and oxygen atoms in total. The van der Waals surface area contributed by atoms with Crippen molar-refractivity contribution in [2.75, 3.05) is 0 Å². The van der Waals surface area contributed by atoms with Crippen molar-refractivity contribution in [3.8, 4) is 0 Å². The van der Waals surface area contributed by atoms with Crippen LogP contribution in [0.5, 0.6) is 0 Å². The van der Waals surface area contributed by atoms with E-state index >= 15 is 0 Å². The second-order valence-corrected chi connectivity index (χ2v) is 6.54. The van der Waals surface area contributed by atoms with Gasteiger partial charge in [-0.1, -0.05) is 46.5 Å². The van der Waals surface area contributed by atoms with Crippen molar-refractivity contribution in [2.45, 2.75) is 84.6 Å². The lowest BCUT2D eigenvalue weighted by Crippen LogP contribution is -2.42. The molecule has 1 aliphatic carbocycles. The summed E-state index contributed by atoms with van der Waals surface area (Å²) < 4.78 is 0. The minimum atomic E-state index is 0.565. The summed E-state index contributed by atoms with van der Waals surface area (Å²) in [5.41, 5.74) is 3.09. The number of nitrogens with two attached hydrogens (primary N) is 1. The van der Waals surface area contributed by atoms with Crippen LogP contribution in [0.25, 0.3) is 0 Å². The normalized spacial score (nSPS) is 26.5. The van der Waals surface area contributed by atoms with Gasteiger partial charge in [-0.3, -0.25) is 11.3 Å². The lowest BCUT2D eigenvalue weighted by Gasteiger charge is -2.35. The standard InChI is InChI=1S/C16H34N2/c1-4-5-6-7-8-16(18-17)15-11-9-14(10-12-15)13(2)3/h13-16,18H,4-12,17H2,1-3H3. The Morgan fingerprint density at radius 3 is 2.11 bits per heavy atom. The Morgan fingerprint density at radius 2 is 1.61 bits per heavy atom. The van der Waals surface area contributed by atoms with Crippen LogP contribution in [0.4, 0.5) is 0 Å². The Kier molecular flexibility index (Phi) is 7.92. The number of unbranched alkanes of at least 4 members (excludes halogenated alkanes) is 3. The largest absolute Gasteiger partial charge is 0.271 e. The molecule has 0 aliphatic heterocycles. The van der Waals surface area contributed by atoms with E-state index in [0.717, 1.165) is 17.8 Å². The Morgan fingerprint density at radius 1 is 1.00 bits per heavy atom. The van der Waals surface area contributed by atoms with Gasteiger partial charge in [0.2, 0.25) is 0 Å². The fraction of sp³-hybridized carbons (Fsp3) is 1.00. The molecule has 1 saturated carbocycles. The van der Waals surface area contributed by atoms with Gasteiger partial charge in [0.25, 0.3) is 0 Å².